The van der Waals surface area contributed by atoms with Crippen molar-refractivity contribution in [3.63, 3.8) is 0 Å². The van der Waals surface area contributed by atoms with Crippen molar-refractivity contribution in [3.8, 4) is 0 Å². The van der Waals surface area contributed by atoms with Crippen LogP contribution in [0.5, 0.6) is 0 Å². The van der Waals surface area contributed by atoms with Crippen LogP contribution in [0.3, 0.4) is 0 Å². The Hall–Kier alpha value is -2.41. The third-order valence-electron chi connectivity index (χ3n) is 3.32. The summed E-state index contributed by atoms with van der Waals surface area (Å²) in [6, 6.07) is 8.14. The first kappa shape index (κ1) is 17.9. The molecule has 0 spiro atoms. The molecule has 0 radical (unpaired) electrons. The Morgan fingerprint density at radius 3 is 2.50 bits per heavy atom. The molecule has 1 aromatic heterocycles. The van der Waals surface area contributed by atoms with E-state index in [0.717, 1.165) is 0 Å². The van der Waals surface area contributed by atoms with Crippen molar-refractivity contribution in [3.05, 3.63) is 51.9 Å². The van der Waals surface area contributed by atoms with E-state index in [1.807, 2.05) is 6.92 Å². The van der Waals surface area contributed by atoms with Gasteiger partial charge < -0.3 is 10.3 Å². The van der Waals surface area contributed by atoms with Gasteiger partial charge in [0.1, 0.15) is 0 Å². The molecule has 2 rings (SSSR count). The van der Waals surface area contributed by atoms with Crippen LogP contribution in [0.2, 0.25) is 0 Å². The van der Waals surface area contributed by atoms with E-state index in [0.29, 0.717) is 28.5 Å². The van der Waals surface area contributed by atoms with Crippen LogP contribution < -0.4 is 10.9 Å². The monoisotopic (exact) mass is 345 g/mol. The highest BCUT2D eigenvalue weighted by Crippen LogP contribution is 2.23. The average molecular weight is 345 g/mol. The van der Waals surface area contributed by atoms with E-state index in [-0.39, 0.29) is 22.5 Å². The normalized spacial score (nSPS) is 11.8. The number of aromatic amines is 1. The molecular formula is C17H19N3O3S. The molecule has 1 amide bonds. The minimum Gasteiger partial charge on any atom is -0.325 e. The number of aryl methyl sites for hydroxylation is 1. The van der Waals surface area contributed by atoms with Crippen molar-refractivity contribution in [2.45, 2.75) is 37.6 Å². The maximum atomic E-state index is 12.4. The third kappa shape index (κ3) is 4.79. The van der Waals surface area contributed by atoms with Crippen LogP contribution in [0, 0.1) is 6.92 Å². The third-order valence-corrected chi connectivity index (χ3v) is 4.57. The van der Waals surface area contributed by atoms with Crippen LogP contribution in [0.4, 0.5) is 5.69 Å². The van der Waals surface area contributed by atoms with Crippen LogP contribution in [0.25, 0.3) is 0 Å². The van der Waals surface area contributed by atoms with Gasteiger partial charge in [-0.2, -0.15) is 0 Å². The SMILES string of the molecule is CC[C@@H](Sc1nc(C)cc(=O)[nH]1)C(=O)Nc1ccc(C(C)=O)cc1. The lowest BCUT2D eigenvalue weighted by Crippen LogP contribution is -2.25. The molecule has 2 N–H and O–H groups in total. The van der Waals surface area contributed by atoms with Gasteiger partial charge in [-0.3, -0.25) is 14.4 Å². The molecule has 0 aliphatic carbocycles. The van der Waals surface area contributed by atoms with Gasteiger partial charge in [0.05, 0.1) is 5.25 Å². The summed E-state index contributed by atoms with van der Waals surface area (Å²) in [7, 11) is 0. The quantitative estimate of drug-likeness (QED) is 0.477. The molecule has 126 valence electrons. The van der Waals surface area contributed by atoms with Gasteiger partial charge in [-0.05, 0) is 44.5 Å². The molecule has 1 aromatic carbocycles. The summed E-state index contributed by atoms with van der Waals surface area (Å²) in [4.78, 5) is 42.0. The molecule has 0 unspecified atom stereocenters. The first-order chi connectivity index (χ1) is 11.4. The minimum atomic E-state index is -0.387. The van der Waals surface area contributed by atoms with Crippen LogP contribution in [0.1, 0.15) is 36.3 Å². The van der Waals surface area contributed by atoms with E-state index < -0.39 is 0 Å². The first-order valence-electron chi connectivity index (χ1n) is 7.55. The minimum absolute atomic E-state index is 0.0238. The fourth-order valence-corrected chi connectivity index (χ4v) is 3.03. The number of benzene rings is 1. The maximum Gasteiger partial charge on any atom is 0.251 e. The molecule has 0 saturated heterocycles. The number of hydrogen-bond acceptors (Lipinski definition) is 5. The number of thioether (sulfide) groups is 1. The average Bonchev–Trinajstić information content (AvgIpc) is 2.52. The summed E-state index contributed by atoms with van der Waals surface area (Å²) in [5, 5.41) is 2.86. The van der Waals surface area contributed by atoms with Crippen LogP contribution in [-0.2, 0) is 4.79 Å². The van der Waals surface area contributed by atoms with E-state index >= 15 is 0 Å². The lowest BCUT2D eigenvalue weighted by molar-refractivity contribution is -0.115. The summed E-state index contributed by atoms with van der Waals surface area (Å²) in [5.74, 6) is -0.202. The summed E-state index contributed by atoms with van der Waals surface area (Å²) in [6.07, 6.45) is 0.583. The van der Waals surface area contributed by atoms with Gasteiger partial charge >= 0.3 is 0 Å². The Morgan fingerprint density at radius 2 is 1.96 bits per heavy atom. The molecule has 1 atom stereocenters. The lowest BCUT2D eigenvalue weighted by atomic mass is 10.1. The number of aromatic nitrogens is 2. The zero-order valence-electron chi connectivity index (χ0n) is 13.8. The van der Waals surface area contributed by atoms with Crippen molar-refractivity contribution in [1.29, 1.82) is 0 Å². The zero-order valence-corrected chi connectivity index (χ0v) is 14.6. The highest BCUT2D eigenvalue weighted by atomic mass is 32.2. The van der Waals surface area contributed by atoms with E-state index in [2.05, 4.69) is 15.3 Å². The van der Waals surface area contributed by atoms with E-state index in [1.54, 1.807) is 31.2 Å². The summed E-state index contributed by atoms with van der Waals surface area (Å²) < 4.78 is 0. The Kier molecular flexibility index (Phi) is 5.92. The fourth-order valence-electron chi connectivity index (χ4n) is 2.08. The van der Waals surface area contributed by atoms with Crippen LogP contribution >= 0.6 is 11.8 Å². The molecule has 0 saturated carbocycles. The van der Waals surface area contributed by atoms with Crippen molar-refractivity contribution < 1.29 is 9.59 Å². The van der Waals surface area contributed by atoms with Gasteiger partial charge in [-0.1, -0.05) is 18.7 Å². The topological polar surface area (TPSA) is 91.9 Å². The number of Topliss-reactive ketones (excluding diaryl/α,β-unsaturated/α-hetero) is 1. The van der Waals surface area contributed by atoms with E-state index in [9.17, 15) is 14.4 Å². The zero-order chi connectivity index (χ0) is 17.7. The Bertz CT molecular complexity index is 799. The predicted octanol–water partition coefficient (Wildman–Crippen LogP) is 2.79. The highest BCUT2D eigenvalue weighted by molar-refractivity contribution is 8.00. The van der Waals surface area contributed by atoms with Crippen LogP contribution in [0.15, 0.2) is 40.3 Å². The van der Waals surface area contributed by atoms with Crippen molar-refractivity contribution >= 4 is 29.1 Å². The summed E-state index contributed by atoms with van der Waals surface area (Å²) >= 11 is 1.22. The second kappa shape index (κ2) is 7.92. The van der Waals surface area contributed by atoms with Crippen molar-refractivity contribution in [1.82, 2.24) is 9.97 Å². The smallest absolute Gasteiger partial charge is 0.251 e. The molecule has 7 heteroatoms. The van der Waals surface area contributed by atoms with Crippen molar-refractivity contribution in [2.75, 3.05) is 5.32 Å². The molecule has 0 fully saturated rings. The van der Waals surface area contributed by atoms with Gasteiger partial charge in [0, 0.05) is 23.0 Å². The fraction of sp³-hybridized carbons (Fsp3) is 0.294. The number of hydrogen-bond donors (Lipinski definition) is 2. The largest absolute Gasteiger partial charge is 0.325 e. The number of nitrogens with one attached hydrogen (secondary N) is 2. The number of amides is 1. The predicted molar refractivity (Wildman–Crippen MR) is 94.6 cm³/mol. The number of ketones is 1. The molecule has 6 nitrogen and oxygen atoms in total. The first-order valence-corrected chi connectivity index (χ1v) is 8.43. The maximum absolute atomic E-state index is 12.4. The van der Waals surface area contributed by atoms with Gasteiger partial charge in [0.2, 0.25) is 5.91 Å². The number of rotatable bonds is 6. The molecule has 0 aliphatic heterocycles. The summed E-state index contributed by atoms with van der Waals surface area (Å²) in [6.45, 7) is 5.12. The second-order valence-corrected chi connectivity index (χ2v) is 6.52. The Balaban J connectivity index is 2.08. The molecule has 0 bridgehead atoms. The van der Waals surface area contributed by atoms with Gasteiger partial charge in [0.25, 0.3) is 5.56 Å². The van der Waals surface area contributed by atoms with Gasteiger partial charge in [-0.15, -0.1) is 0 Å². The standard InChI is InChI=1S/C17H19N3O3S/c1-4-14(24-17-18-10(2)9-15(22)20-17)16(23)19-13-7-5-12(6-8-13)11(3)21/h5-9,14H,4H2,1-3H3,(H,19,23)(H,18,20,22)/t14-/m1/s1. The molecule has 2 aromatic rings. The number of nitrogens with zero attached hydrogens (tertiary/aromatic N) is 1. The number of anilines is 1. The molecule has 1 heterocycles. The molecule has 0 aliphatic rings. The Morgan fingerprint density at radius 1 is 1.29 bits per heavy atom. The van der Waals surface area contributed by atoms with E-state index in [1.165, 1.54) is 24.8 Å². The number of carbonyl (C=O) groups is 2. The lowest BCUT2D eigenvalue weighted by Gasteiger charge is -2.14. The van der Waals surface area contributed by atoms with Gasteiger partial charge in [0.15, 0.2) is 10.9 Å². The number of carbonyl (C=O) groups excluding carboxylic acids is 2. The van der Waals surface area contributed by atoms with Gasteiger partial charge in [-0.25, -0.2) is 4.98 Å². The molecule has 24 heavy (non-hydrogen) atoms. The Labute approximate surface area is 144 Å². The van der Waals surface area contributed by atoms with E-state index in [4.69, 9.17) is 0 Å². The van der Waals surface area contributed by atoms with Crippen molar-refractivity contribution in [2.24, 2.45) is 0 Å². The second-order valence-electron chi connectivity index (χ2n) is 5.33. The highest BCUT2D eigenvalue weighted by Gasteiger charge is 2.19. The van der Waals surface area contributed by atoms with Crippen LogP contribution in [-0.4, -0.2) is 26.9 Å². The summed E-state index contributed by atoms with van der Waals surface area (Å²) in [5.41, 5.74) is 1.59. The molecular weight excluding hydrogens is 326 g/mol. The number of H-pyrrole nitrogens is 1.